The van der Waals surface area contributed by atoms with Gasteiger partial charge < -0.3 is 20.5 Å². The Morgan fingerprint density at radius 3 is 2.56 bits per heavy atom. The zero-order valence-electron chi connectivity index (χ0n) is 19.6. The molecule has 0 radical (unpaired) electrons. The molecule has 1 unspecified atom stereocenters. The number of hydrogen-bond acceptors (Lipinski definition) is 6. The smallest absolute Gasteiger partial charge is 0.419 e. The summed E-state index contributed by atoms with van der Waals surface area (Å²) in [6.07, 6.45) is 0.526. The maximum atomic E-state index is 13.9. The Balaban J connectivity index is 1.85. The molecule has 0 saturated heterocycles. The largest absolute Gasteiger partial charge is 0.489 e. The fraction of sp³-hybridized carbons (Fsp3) is 0.542. The SMILES string of the molecule is CC(C)CC(C)(COc1ccc(-c2ccnc(NC3CCCC3)n2)cc1C(F)(F)F)OC(N)=O. The summed E-state index contributed by atoms with van der Waals surface area (Å²) in [5.74, 6) is 0.131. The second-order valence-electron chi connectivity index (χ2n) is 9.36. The third-order valence-electron chi connectivity index (χ3n) is 5.64. The first kappa shape index (κ1) is 25.6. The van der Waals surface area contributed by atoms with Gasteiger partial charge in [-0.1, -0.05) is 26.7 Å². The number of alkyl halides is 3. The fourth-order valence-electron chi connectivity index (χ4n) is 4.35. The number of primary amides is 1. The first-order valence-corrected chi connectivity index (χ1v) is 11.4. The number of benzene rings is 1. The third-order valence-corrected chi connectivity index (χ3v) is 5.64. The highest BCUT2D eigenvalue weighted by atomic mass is 19.4. The summed E-state index contributed by atoms with van der Waals surface area (Å²) in [5, 5.41) is 3.25. The summed E-state index contributed by atoms with van der Waals surface area (Å²) in [5.41, 5.74) is 3.70. The van der Waals surface area contributed by atoms with E-state index in [-0.39, 0.29) is 29.9 Å². The van der Waals surface area contributed by atoms with Crippen molar-refractivity contribution in [2.75, 3.05) is 11.9 Å². The van der Waals surface area contributed by atoms with Gasteiger partial charge in [-0.3, -0.25) is 0 Å². The molecule has 3 rings (SSSR count). The molecule has 0 spiro atoms. The van der Waals surface area contributed by atoms with E-state index in [1.807, 2.05) is 13.8 Å². The molecule has 2 aromatic rings. The predicted octanol–water partition coefficient (Wildman–Crippen LogP) is 5.80. The zero-order valence-corrected chi connectivity index (χ0v) is 19.6. The molecule has 1 heterocycles. The highest BCUT2D eigenvalue weighted by molar-refractivity contribution is 5.65. The van der Waals surface area contributed by atoms with Gasteiger partial charge in [0, 0.05) is 17.8 Å². The molecule has 3 N–H and O–H groups in total. The van der Waals surface area contributed by atoms with Crippen molar-refractivity contribution < 1.29 is 27.4 Å². The summed E-state index contributed by atoms with van der Waals surface area (Å²) >= 11 is 0. The molecule has 1 fully saturated rings. The maximum absolute atomic E-state index is 13.9. The highest BCUT2D eigenvalue weighted by Gasteiger charge is 2.37. The van der Waals surface area contributed by atoms with Crippen LogP contribution in [0.5, 0.6) is 5.75 Å². The topological polar surface area (TPSA) is 99.4 Å². The molecular formula is C24H31F3N4O3. The van der Waals surface area contributed by atoms with Crippen molar-refractivity contribution in [2.24, 2.45) is 11.7 Å². The molecule has 34 heavy (non-hydrogen) atoms. The summed E-state index contributed by atoms with van der Waals surface area (Å²) in [7, 11) is 0. The van der Waals surface area contributed by atoms with Crippen molar-refractivity contribution in [3.8, 4) is 17.0 Å². The Kier molecular flexibility index (Phi) is 7.89. The van der Waals surface area contributed by atoms with Gasteiger partial charge in [-0.15, -0.1) is 0 Å². The number of hydrogen-bond donors (Lipinski definition) is 2. The van der Waals surface area contributed by atoms with Crippen LogP contribution in [0.2, 0.25) is 0 Å². The average Bonchev–Trinajstić information content (AvgIpc) is 3.23. The van der Waals surface area contributed by atoms with Crippen molar-refractivity contribution in [1.82, 2.24) is 9.97 Å². The van der Waals surface area contributed by atoms with Gasteiger partial charge in [0.25, 0.3) is 0 Å². The van der Waals surface area contributed by atoms with Crippen LogP contribution in [-0.2, 0) is 10.9 Å². The minimum absolute atomic E-state index is 0.0993. The molecule has 1 atom stereocenters. The van der Waals surface area contributed by atoms with Gasteiger partial charge in [0.2, 0.25) is 5.95 Å². The Morgan fingerprint density at radius 2 is 1.94 bits per heavy atom. The van der Waals surface area contributed by atoms with Crippen molar-refractivity contribution in [2.45, 2.75) is 70.7 Å². The number of aromatic nitrogens is 2. The number of ether oxygens (including phenoxy) is 2. The lowest BCUT2D eigenvalue weighted by atomic mass is 9.95. The third kappa shape index (κ3) is 6.98. The summed E-state index contributed by atoms with van der Waals surface area (Å²) < 4.78 is 52.4. The minimum atomic E-state index is -4.66. The first-order chi connectivity index (χ1) is 15.9. The van der Waals surface area contributed by atoms with E-state index >= 15 is 0 Å². The molecule has 1 saturated carbocycles. The first-order valence-electron chi connectivity index (χ1n) is 11.4. The van der Waals surface area contributed by atoms with Gasteiger partial charge in [-0.05, 0) is 56.4 Å². The molecule has 0 aliphatic heterocycles. The van der Waals surface area contributed by atoms with Crippen LogP contribution in [0.25, 0.3) is 11.3 Å². The van der Waals surface area contributed by atoms with Gasteiger partial charge in [0.05, 0.1) is 11.3 Å². The van der Waals surface area contributed by atoms with E-state index in [4.69, 9.17) is 15.2 Å². The van der Waals surface area contributed by atoms with E-state index in [0.717, 1.165) is 31.7 Å². The quantitative estimate of drug-likeness (QED) is 0.471. The van der Waals surface area contributed by atoms with Crippen LogP contribution in [0.4, 0.5) is 23.9 Å². The van der Waals surface area contributed by atoms with Crippen LogP contribution in [0.15, 0.2) is 30.5 Å². The number of halogens is 3. The Hall–Kier alpha value is -3.04. The number of nitrogens with two attached hydrogens (primary N) is 1. The number of carbonyl (C=O) groups is 1. The highest BCUT2D eigenvalue weighted by Crippen LogP contribution is 2.39. The minimum Gasteiger partial charge on any atom is -0.489 e. The van der Waals surface area contributed by atoms with Gasteiger partial charge in [-0.25, -0.2) is 14.8 Å². The Morgan fingerprint density at radius 1 is 1.24 bits per heavy atom. The van der Waals surface area contributed by atoms with Gasteiger partial charge in [-0.2, -0.15) is 13.2 Å². The van der Waals surface area contributed by atoms with Crippen LogP contribution in [-0.4, -0.2) is 34.3 Å². The lowest BCUT2D eigenvalue weighted by Gasteiger charge is -2.30. The zero-order chi connectivity index (χ0) is 24.9. The molecule has 0 bridgehead atoms. The lowest BCUT2D eigenvalue weighted by Crippen LogP contribution is -2.41. The Bertz CT molecular complexity index is 994. The van der Waals surface area contributed by atoms with Crippen LogP contribution in [0, 0.1) is 5.92 Å². The molecule has 1 amide bonds. The molecule has 1 aliphatic carbocycles. The van der Waals surface area contributed by atoms with Crippen LogP contribution >= 0.6 is 0 Å². The number of rotatable bonds is 9. The molecule has 1 aromatic heterocycles. The van der Waals surface area contributed by atoms with E-state index in [1.54, 1.807) is 13.0 Å². The summed E-state index contributed by atoms with van der Waals surface area (Å²) in [6, 6.07) is 5.62. The molecule has 1 aromatic carbocycles. The van der Waals surface area contributed by atoms with Crippen molar-refractivity contribution >= 4 is 12.0 Å². The number of carbonyl (C=O) groups excluding carboxylic acids is 1. The molecular weight excluding hydrogens is 449 g/mol. The van der Waals surface area contributed by atoms with Crippen LogP contribution in [0.3, 0.4) is 0 Å². The van der Waals surface area contributed by atoms with Crippen molar-refractivity contribution in [3.63, 3.8) is 0 Å². The molecule has 7 nitrogen and oxygen atoms in total. The van der Waals surface area contributed by atoms with Crippen LogP contribution in [0.1, 0.15) is 58.4 Å². The second kappa shape index (κ2) is 10.5. The normalized spacial score (nSPS) is 16.3. The number of anilines is 1. The second-order valence-corrected chi connectivity index (χ2v) is 9.36. The van der Waals surface area contributed by atoms with E-state index in [2.05, 4.69) is 15.3 Å². The molecule has 186 valence electrons. The number of nitrogens with one attached hydrogen (secondary N) is 1. The fourth-order valence-corrected chi connectivity index (χ4v) is 4.35. The average molecular weight is 481 g/mol. The van der Waals surface area contributed by atoms with E-state index in [0.29, 0.717) is 18.1 Å². The van der Waals surface area contributed by atoms with Gasteiger partial charge in [0.15, 0.2) is 0 Å². The van der Waals surface area contributed by atoms with Gasteiger partial charge in [0.1, 0.15) is 18.0 Å². The molecule has 10 heteroatoms. The lowest BCUT2D eigenvalue weighted by molar-refractivity contribution is -0.139. The number of nitrogens with zero attached hydrogens (tertiary/aromatic N) is 2. The summed E-state index contributed by atoms with van der Waals surface area (Å²) in [4.78, 5) is 19.9. The standard InChI is InChI=1S/C24H31F3N4O3/c1-15(2)13-23(3,34-21(28)32)14-33-20-9-8-16(12-18(20)24(25,26)27)19-10-11-29-22(31-19)30-17-6-4-5-7-17/h8-12,15,17H,4-7,13-14H2,1-3H3,(H2,28,32)(H,29,30,31). The van der Waals surface area contributed by atoms with E-state index < -0.39 is 23.4 Å². The Labute approximate surface area is 197 Å². The van der Waals surface area contributed by atoms with Crippen molar-refractivity contribution in [1.29, 1.82) is 0 Å². The van der Waals surface area contributed by atoms with Crippen LogP contribution < -0.4 is 15.8 Å². The predicted molar refractivity (Wildman–Crippen MR) is 122 cm³/mol. The molecule has 1 aliphatic rings. The summed E-state index contributed by atoms with van der Waals surface area (Å²) in [6.45, 7) is 5.10. The monoisotopic (exact) mass is 480 g/mol. The number of amides is 1. The van der Waals surface area contributed by atoms with E-state index in [9.17, 15) is 18.0 Å². The maximum Gasteiger partial charge on any atom is 0.419 e. The van der Waals surface area contributed by atoms with E-state index in [1.165, 1.54) is 18.3 Å². The van der Waals surface area contributed by atoms with Gasteiger partial charge >= 0.3 is 12.3 Å². The van der Waals surface area contributed by atoms with Crippen molar-refractivity contribution in [3.05, 3.63) is 36.0 Å².